The molecule has 3 amide bonds. The molecule has 0 atom stereocenters. The Bertz CT molecular complexity index is 323. The summed E-state index contributed by atoms with van der Waals surface area (Å²) in [7, 11) is 0. The Kier molecular flexibility index (Phi) is 7.74. The molecule has 7 heteroatoms. The molecule has 0 rings (SSSR count). The molecule has 0 aromatic carbocycles. The van der Waals surface area contributed by atoms with Crippen molar-refractivity contribution in [3.8, 4) is 0 Å². The first-order chi connectivity index (χ1) is 8.74. The molecule has 0 spiro atoms. The lowest BCUT2D eigenvalue weighted by Gasteiger charge is -2.20. The molecule has 0 aromatic heterocycles. The molecule has 0 aliphatic heterocycles. The number of nitrogens with one attached hydrogen (secondary N) is 3. The summed E-state index contributed by atoms with van der Waals surface area (Å²) >= 11 is 0. The topological polar surface area (TPSA) is 96.5 Å². The van der Waals surface area contributed by atoms with Crippen LogP contribution in [0.25, 0.3) is 0 Å². The van der Waals surface area contributed by atoms with Crippen LogP contribution in [-0.2, 0) is 14.3 Å². The number of urea groups is 1. The highest BCUT2D eigenvalue weighted by Gasteiger charge is 2.15. The van der Waals surface area contributed by atoms with Crippen molar-refractivity contribution in [1.82, 2.24) is 16.0 Å². The largest absolute Gasteiger partial charge is 0.466 e. The van der Waals surface area contributed by atoms with Crippen molar-refractivity contribution in [2.45, 2.75) is 39.7 Å². The Morgan fingerprint density at radius 2 is 1.79 bits per heavy atom. The molecule has 110 valence electrons. The smallest absolute Gasteiger partial charge is 0.321 e. The summed E-state index contributed by atoms with van der Waals surface area (Å²) in [5.74, 6) is -0.772. The summed E-state index contributed by atoms with van der Waals surface area (Å²) in [4.78, 5) is 33.7. The molecule has 19 heavy (non-hydrogen) atoms. The van der Waals surface area contributed by atoms with Crippen LogP contribution in [0.15, 0.2) is 0 Å². The minimum absolute atomic E-state index is 0.0308. The van der Waals surface area contributed by atoms with Crippen molar-refractivity contribution >= 4 is 17.9 Å². The van der Waals surface area contributed by atoms with E-state index in [0.717, 1.165) is 0 Å². The molecule has 0 unspecified atom stereocenters. The van der Waals surface area contributed by atoms with E-state index in [4.69, 9.17) is 4.74 Å². The van der Waals surface area contributed by atoms with E-state index in [1.165, 1.54) is 0 Å². The quantitative estimate of drug-likeness (QED) is 0.473. The number of carbonyl (C=O) groups excluding carboxylic acids is 3. The van der Waals surface area contributed by atoms with Crippen LogP contribution in [-0.4, -0.2) is 43.1 Å². The van der Waals surface area contributed by atoms with Gasteiger partial charge in [0.15, 0.2) is 0 Å². The van der Waals surface area contributed by atoms with Crippen LogP contribution in [0.3, 0.4) is 0 Å². The molecule has 0 aliphatic carbocycles. The van der Waals surface area contributed by atoms with Crippen molar-refractivity contribution in [3.63, 3.8) is 0 Å². The molecule has 0 heterocycles. The third kappa shape index (κ3) is 11.2. The highest BCUT2D eigenvalue weighted by molar-refractivity contribution is 5.95. The third-order valence-electron chi connectivity index (χ3n) is 1.84. The fraction of sp³-hybridized carbons (Fsp3) is 0.750. The van der Waals surface area contributed by atoms with Gasteiger partial charge in [-0.15, -0.1) is 0 Å². The lowest BCUT2D eigenvalue weighted by Crippen LogP contribution is -2.50. The summed E-state index contributed by atoms with van der Waals surface area (Å²) < 4.78 is 4.72. The maximum atomic E-state index is 11.4. The third-order valence-corrected chi connectivity index (χ3v) is 1.84. The molecular formula is C12H23N3O4. The zero-order valence-electron chi connectivity index (χ0n) is 12.0. The fourth-order valence-electron chi connectivity index (χ4n) is 1.17. The fourth-order valence-corrected chi connectivity index (χ4v) is 1.17. The maximum Gasteiger partial charge on any atom is 0.321 e. The van der Waals surface area contributed by atoms with Crippen LogP contribution < -0.4 is 16.0 Å². The number of hydrogen-bond acceptors (Lipinski definition) is 5. The van der Waals surface area contributed by atoms with Gasteiger partial charge < -0.3 is 15.4 Å². The predicted molar refractivity (Wildman–Crippen MR) is 70.5 cm³/mol. The van der Waals surface area contributed by atoms with E-state index < -0.39 is 17.5 Å². The van der Waals surface area contributed by atoms with Crippen molar-refractivity contribution in [1.29, 1.82) is 0 Å². The standard InChI is InChI=1S/C12H23N3O4/c1-5-19-10(17)6-7-13-8-9(16)14-11(18)15-12(2,3)4/h13H,5-8H2,1-4H3,(H2,14,15,16,18). The Balaban J connectivity index is 3.71. The van der Waals surface area contributed by atoms with Gasteiger partial charge in [0.25, 0.3) is 0 Å². The van der Waals surface area contributed by atoms with E-state index in [2.05, 4.69) is 16.0 Å². The second-order valence-corrected chi connectivity index (χ2v) is 4.98. The molecule has 0 saturated carbocycles. The molecule has 0 radical (unpaired) electrons. The van der Waals surface area contributed by atoms with Gasteiger partial charge >= 0.3 is 12.0 Å². The van der Waals surface area contributed by atoms with Gasteiger partial charge in [-0.25, -0.2) is 4.79 Å². The van der Waals surface area contributed by atoms with Crippen LogP contribution in [0.4, 0.5) is 4.79 Å². The van der Waals surface area contributed by atoms with Gasteiger partial charge in [-0.1, -0.05) is 0 Å². The Hall–Kier alpha value is -1.63. The van der Waals surface area contributed by atoms with Gasteiger partial charge in [-0.2, -0.15) is 0 Å². The van der Waals surface area contributed by atoms with Crippen LogP contribution in [0.1, 0.15) is 34.1 Å². The number of imide groups is 1. The van der Waals surface area contributed by atoms with Crippen molar-refractivity contribution in [3.05, 3.63) is 0 Å². The lowest BCUT2D eigenvalue weighted by atomic mass is 10.1. The first-order valence-electron chi connectivity index (χ1n) is 6.23. The Labute approximate surface area is 113 Å². The second kappa shape index (κ2) is 8.47. The Morgan fingerprint density at radius 3 is 2.32 bits per heavy atom. The lowest BCUT2D eigenvalue weighted by molar-refractivity contribution is -0.143. The number of carbonyl (C=O) groups is 3. The van der Waals surface area contributed by atoms with Gasteiger partial charge in [0, 0.05) is 12.1 Å². The van der Waals surface area contributed by atoms with Crippen molar-refractivity contribution < 1.29 is 19.1 Å². The molecule has 0 bridgehead atoms. The van der Waals surface area contributed by atoms with Crippen LogP contribution in [0.5, 0.6) is 0 Å². The number of rotatable bonds is 6. The van der Waals surface area contributed by atoms with Gasteiger partial charge in [0.05, 0.1) is 19.6 Å². The van der Waals surface area contributed by atoms with Crippen molar-refractivity contribution in [2.24, 2.45) is 0 Å². The summed E-state index contributed by atoms with van der Waals surface area (Å²) in [6.45, 7) is 7.81. The number of amides is 3. The van der Waals surface area contributed by atoms with Crippen LogP contribution >= 0.6 is 0 Å². The van der Waals surface area contributed by atoms with Gasteiger partial charge in [-0.3, -0.25) is 14.9 Å². The molecule has 0 aromatic rings. The zero-order valence-corrected chi connectivity index (χ0v) is 12.0. The molecule has 0 fully saturated rings. The summed E-state index contributed by atoms with van der Waals surface area (Å²) in [6, 6.07) is -0.537. The average molecular weight is 273 g/mol. The van der Waals surface area contributed by atoms with Crippen LogP contribution in [0, 0.1) is 0 Å². The summed E-state index contributed by atoms with van der Waals surface area (Å²) in [6.07, 6.45) is 0.190. The monoisotopic (exact) mass is 273 g/mol. The minimum Gasteiger partial charge on any atom is -0.466 e. The van der Waals surface area contributed by atoms with E-state index in [-0.39, 0.29) is 18.9 Å². The molecule has 0 aliphatic rings. The highest BCUT2D eigenvalue weighted by atomic mass is 16.5. The van der Waals surface area contributed by atoms with E-state index in [0.29, 0.717) is 13.2 Å². The highest BCUT2D eigenvalue weighted by Crippen LogP contribution is 1.97. The molecule has 0 saturated heterocycles. The molecular weight excluding hydrogens is 250 g/mol. The maximum absolute atomic E-state index is 11.4. The zero-order chi connectivity index (χ0) is 14.9. The Morgan fingerprint density at radius 1 is 1.16 bits per heavy atom. The number of hydrogen-bond donors (Lipinski definition) is 3. The minimum atomic E-state index is -0.537. The van der Waals surface area contributed by atoms with E-state index in [9.17, 15) is 14.4 Å². The first kappa shape index (κ1) is 17.4. The average Bonchev–Trinajstić information content (AvgIpc) is 2.21. The van der Waals surface area contributed by atoms with Gasteiger partial charge in [0.2, 0.25) is 5.91 Å². The van der Waals surface area contributed by atoms with Crippen LogP contribution in [0.2, 0.25) is 0 Å². The number of ether oxygens (including phenoxy) is 1. The van der Waals surface area contributed by atoms with Crippen molar-refractivity contribution in [2.75, 3.05) is 19.7 Å². The summed E-state index contributed by atoms with van der Waals surface area (Å²) in [5.41, 5.74) is -0.401. The van der Waals surface area contributed by atoms with E-state index in [1.54, 1.807) is 6.92 Å². The predicted octanol–water partition coefficient (Wildman–Crippen LogP) is 0.154. The van der Waals surface area contributed by atoms with E-state index in [1.807, 2.05) is 20.8 Å². The number of esters is 1. The SMILES string of the molecule is CCOC(=O)CCNCC(=O)NC(=O)NC(C)(C)C. The van der Waals surface area contributed by atoms with Gasteiger partial charge in [-0.05, 0) is 27.7 Å². The first-order valence-corrected chi connectivity index (χ1v) is 6.23. The van der Waals surface area contributed by atoms with E-state index >= 15 is 0 Å². The van der Waals surface area contributed by atoms with Gasteiger partial charge in [0.1, 0.15) is 0 Å². The second-order valence-electron chi connectivity index (χ2n) is 4.98. The normalized spacial score (nSPS) is 10.7. The molecule has 3 N–H and O–H groups in total. The molecule has 7 nitrogen and oxygen atoms in total. The summed E-state index contributed by atoms with van der Waals surface area (Å²) in [5, 5.41) is 7.53.